The molecule has 2 heterocycles. The van der Waals surface area contributed by atoms with Gasteiger partial charge in [-0.05, 0) is 24.3 Å². The number of carbonyl (C=O) groups is 2. The predicted molar refractivity (Wildman–Crippen MR) is 75.6 cm³/mol. The predicted octanol–water partition coefficient (Wildman–Crippen LogP) is 2.24. The van der Waals surface area contributed by atoms with Crippen molar-refractivity contribution in [3.63, 3.8) is 0 Å². The lowest BCUT2D eigenvalue weighted by Crippen LogP contribution is -2.55. The summed E-state index contributed by atoms with van der Waals surface area (Å²) in [6.45, 7) is 1.85. The summed E-state index contributed by atoms with van der Waals surface area (Å²) in [6, 6.07) is 4.50. The summed E-state index contributed by atoms with van der Waals surface area (Å²) < 4.78 is 0. The Balaban J connectivity index is 1.56. The smallest absolute Gasteiger partial charge is 0.320 e. The molecule has 1 aromatic rings. The van der Waals surface area contributed by atoms with E-state index in [0.29, 0.717) is 25.7 Å². The first-order valence-electron chi connectivity index (χ1n) is 6.93. The van der Waals surface area contributed by atoms with Gasteiger partial charge in [-0.15, -0.1) is 11.3 Å². The molecule has 1 saturated heterocycles. The number of urea groups is 1. The third kappa shape index (κ3) is 2.95. The van der Waals surface area contributed by atoms with Gasteiger partial charge in [-0.25, -0.2) is 4.79 Å². The molecule has 1 aliphatic heterocycles. The Kier molecular flexibility index (Phi) is 3.65. The Morgan fingerprint density at radius 2 is 2.15 bits per heavy atom. The molecule has 0 spiro atoms. The maximum Gasteiger partial charge on any atom is 0.320 e. The third-order valence-electron chi connectivity index (χ3n) is 3.83. The second-order valence-electron chi connectivity index (χ2n) is 5.59. The van der Waals surface area contributed by atoms with E-state index in [9.17, 15) is 9.59 Å². The minimum Gasteiger partial charge on any atom is -0.481 e. The van der Waals surface area contributed by atoms with E-state index in [2.05, 4.69) is 6.07 Å². The summed E-state index contributed by atoms with van der Waals surface area (Å²) in [5.74, 6) is -0.654. The summed E-state index contributed by atoms with van der Waals surface area (Å²) in [4.78, 5) is 28.0. The maximum absolute atomic E-state index is 12.5. The Morgan fingerprint density at radius 3 is 2.70 bits per heavy atom. The van der Waals surface area contributed by atoms with Crippen LogP contribution in [0.4, 0.5) is 4.79 Å². The number of rotatable bonds is 5. The molecule has 5 nitrogen and oxygen atoms in total. The summed E-state index contributed by atoms with van der Waals surface area (Å²) in [5.41, 5.74) is 0. The molecule has 20 heavy (non-hydrogen) atoms. The van der Waals surface area contributed by atoms with Crippen molar-refractivity contribution >= 4 is 23.3 Å². The Morgan fingerprint density at radius 1 is 1.40 bits per heavy atom. The molecule has 108 valence electrons. The Bertz CT molecular complexity index is 493. The van der Waals surface area contributed by atoms with Gasteiger partial charge in [-0.1, -0.05) is 6.07 Å². The summed E-state index contributed by atoms with van der Waals surface area (Å²) >= 11 is 1.67. The minimum atomic E-state index is -0.778. The van der Waals surface area contributed by atoms with E-state index in [1.165, 1.54) is 4.88 Å². The van der Waals surface area contributed by atoms with Crippen LogP contribution >= 0.6 is 11.3 Å². The molecule has 0 aromatic carbocycles. The molecule has 2 amide bonds. The highest BCUT2D eigenvalue weighted by Gasteiger charge is 2.39. The van der Waals surface area contributed by atoms with Gasteiger partial charge in [-0.3, -0.25) is 4.79 Å². The molecule has 0 radical (unpaired) electrons. The van der Waals surface area contributed by atoms with Crippen LogP contribution in [0.2, 0.25) is 0 Å². The van der Waals surface area contributed by atoms with Crippen molar-refractivity contribution < 1.29 is 14.7 Å². The lowest BCUT2D eigenvalue weighted by molar-refractivity contribution is -0.139. The molecular weight excluding hydrogens is 276 g/mol. The molecule has 0 unspecified atom stereocenters. The second-order valence-corrected chi connectivity index (χ2v) is 6.62. The Hall–Kier alpha value is -1.56. The van der Waals surface area contributed by atoms with Gasteiger partial charge in [0.1, 0.15) is 0 Å². The molecule has 0 atom stereocenters. The van der Waals surface area contributed by atoms with Gasteiger partial charge < -0.3 is 14.9 Å². The van der Waals surface area contributed by atoms with E-state index < -0.39 is 5.97 Å². The van der Waals surface area contributed by atoms with Crippen molar-refractivity contribution in [2.45, 2.75) is 31.8 Å². The van der Waals surface area contributed by atoms with Crippen LogP contribution in [0.5, 0.6) is 0 Å². The van der Waals surface area contributed by atoms with Gasteiger partial charge in [0.15, 0.2) is 0 Å². The summed E-state index contributed by atoms with van der Waals surface area (Å²) in [6.07, 6.45) is 2.34. The third-order valence-corrected chi connectivity index (χ3v) is 4.69. The molecule has 1 aliphatic carbocycles. The minimum absolute atomic E-state index is 0.0718. The van der Waals surface area contributed by atoms with Crippen LogP contribution in [0.3, 0.4) is 0 Å². The largest absolute Gasteiger partial charge is 0.481 e. The molecule has 0 bridgehead atoms. The van der Waals surface area contributed by atoms with Crippen molar-refractivity contribution in [3.8, 4) is 0 Å². The average Bonchev–Trinajstić information content (AvgIpc) is 3.06. The van der Waals surface area contributed by atoms with Crippen LogP contribution in [-0.2, 0) is 11.3 Å². The van der Waals surface area contributed by atoms with Crippen LogP contribution in [0.1, 0.15) is 24.1 Å². The van der Waals surface area contributed by atoms with Gasteiger partial charge in [0.05, 0.1) is 13.0 Å². The number of carbonyl (C=O) groups excluding carboxylic acids is 1. The summed E-state index contributed by atoms with van der Waals surface area (Å²) in [5, 5.41) is 10.8. The quantitative estimate of drug-likeness (QED) is 0.906. The first-order chi connectivity index (χ1) is 9.63. The monoisotopic (exact) mass is 294 g/mol. The number of thiophene rings is 1. The fourth-order valence-electron chi connectivity index (χ4n) is 2.59. The van der Waals surface area contributed by atoms with Gasteiger partial charge in [-0.2, -0.15) is 0 Å². The molecule has 1 aromatic heterocycles. The van der Waals surface area contributed by atoms with E-state index in [-0.39, 0.29) is 18.4 Å². The fourth-order valence-corrected chi connectivity index (χ4v) is 3.30. The second kappa shape index (κ2) is 5.44. The van der Waals surface area contributed by atoms with Crippen molar-refractivity contribution in [1.82, 2.24) is 9.80 Å². The van der Waals surface area contributed by atoms with Crippen LogP contribution in [0, 0.1) is 5.92 Å². The van der Waals surface area contributed by atoms with Crippen molar-refractivity contribution in [2.24, 2.45) is 5.92 Å². The number of nitrogens with zero attached hydrogens (tertiary/aromatic N) is 2. The lowest BCUT2D eigenvalue weighted by Gasteiger charge is -2.41. The zero-order valence-electron chi connectivity index (χ0n) is 11.2. The van der Waals surface area contributed by atoms with Crippen LogP contribution < -0.4 is 0 Å². The number of carboxylic acid groups (broad SMARTS) is 1. The van der Waals surface area contributed by atoms with Gasteiger partial charge in [0.25, 0.3) is 0 Å². The van der Waals surface area contributed by atoms with Crippen LogP contribution in [0.15, 0.2) is 17.5 Å². The zero-order valence-corrected chi connectivity index (χ0v) is 12.0. The molecule has 6 heteroatoms. The van der Waals surface area contributed by atoms with Crippen molar-refractivity contribution in [3.05, 3.63) is 22.4 Å². The number of carboxylic acids is 1. The molecule has 3 rings (SSSR count). The summed E-state index contributed by atoms with van der Waals surface area (Å²) in [7, 11) is 0. The first kappa shape index (κ1) is 13.4. The zero-order chi connectivity index (χ0) is 14.1. The SMILES string of the molecule is O=C(O)CC1CN(C(=O)N(Cc2cccs2)C2CC2)C1. The first-order valence-corrected chi connectivity index (χ1v) is 7.81. The van der Waals surface area contributed by atoms with E-state index in [1.54, 1.807) is 16.2 Å². The number of likely N-dealkylation sites (tertiary alicyclic amines) is 1. The van der Waals surface area contributed by atoms with E-state index in [1.807, 2.05) is 16.3 Å². The molecule has 2 fully saturated rings. The average molecular weight is 294 g/mol. The number of hydrogen-bond donors (Lipinski definition) is 1. The van der Waals surface area contributed by atoms with Gasteiger partial charge in [0, 0.05) is 29.9 Å². The maximum atomic E-state index is 12.5. The highest BCUT2D eigenvalue weighted by molar-refractivity contribution is 7.09. The van der Waals surface area contributed by atoms with E-state index in [4.69, 9.17) is 5.11 Å². The normalized spacial score (nSPS) is 18.7. The van der Waals surface area contributed by atoms with E-state index in [0.717, 1.165) is 12.8 Å². The van der Waals surface area contributed by atoms with Gasteiger partial charge in [0.2, 0.25) is 0 Å². The Labute approximate surface area is 121 Å². The lowest BCUT2D eigenvalue weighted by atomic mass is 9.97. The number of aliphatic carboxylic acids is 1. The van der Waals surface area contributed by atoms with Crippen LogP contribution in [-0.4, -0.2) is 46.0 Å². The molecule has 1 saturated carbocycles. The fraction of sp³-hybridized carbons (Fsp3) is 0.571. The standard InChI is InChI=1S/C14H18N2O3S/c17-13(18)6-10-7-15(8-10)14(19)16(11-3-4-11)9-12-2-1-5-20-12/h1-2,5,10-11H,3-4,6-9H2,(H,17,18). The highest BCUT2D eigenvalue weighted by atomic mass is 32.1. The van der Waals surface area contributed by atoms with Crippen molar-refractivity contribution in [1.29, 1.82) is 0 Å². The number of amides is 2. The van der Waals surface area contributed by atoms with E-state index >= 15 is 0 Å². The topological polar surface area (TPSA) is 60.9 Å². The molecule has 1 N–H and O–H groups in total. The van der Waals surface area contributed by atoms with Crippen LogP contribution in [0.25, 0.3) is 0 Å². The van der Waals surface area contributed by atoms with Crippen molar-refractivity contribution in [2.75, 3.05) is 13.1 Å². The van der Waals surface area contributed by atoms with Gasteiger partial charge >= 0.3 is 12.0 Å². The number of hydrogen-bond acceptors (Lipinski definition) is 3. The highest BCUT2D eigenvalue weighted by Crippen LogP contribution is 2.32. The molecule has 2 aliphatic rings. The molecular formula is C14H18N2O3S.